The second-order valence-electron chi connectivity index (χ2n) is 7.20. The fraction of sp³-hybridized carbons (Fsp3) is 0.167. The standard InChI is InChI=1S/C24H21NO4S/c1-14-4-8-17(9-5-14)25-20(23-15(2)12-13-30-23)19(22(27)24(25)28)21(26)16-6-10-18(29-3)11-7-16/h4-13,20,26H,1-3H3/b21-19-. The van der Waals surface area contributed by atoms with E-state index < -0.39 is 17.7 Å². The molecular weight excluding hydrogens is 398 g/mol. The molecule has 3 aromatic rings. The first kappa shape index (κ1) is 19.9. The zero-order chi connectivity index (χ0) is 21.4. The Balaban J connectivity index is 1.91. The Labute approximate surface area is 178 Å². The highest BCUT2D eigenvalue weighted by Crippen LogP contribution is 2.44. The second kappa shape index (κ2) is 7.80. The van der Waals surface area contributed by atoms with Gasteiger partial charge >= 0.3 is 0 Å². The van der Waals surface area contributed by atoms with Crippen molar-refractivity contribution in [2.24, 2.45) is 0 Å². The van der Waals surface area contributed by atoms with Crippen LogP contribution in [0.2, 0.25) is 0 Å². The van der Waals surface area contributed by atoms with Crippen molar-refractivity contribution in [2.45, 2.75) is 19.9 Å². The summed E-state index contributed by atoms with van der Waals surface area (Å²) in [7, 11) is 1.56. The number of benzene rings is 2. The molecule has 1 N–H and O–H groups in total. The second-order valence-corrected chi connectivity index (χ2v) is 8.15. The third kappa shape index (κ3) is 3.29. The number of ether oxygens (including phenoxy) is 1. The molecule has 152 valence electrons. The van der Waals surface area contributed by atoms with E-state index in [2.05, 4.69) is 0 Å². The van der Waals surface area contributed by atoms with Gasteiger partial charge in [0.2, 0.25) is 0 Å². The maximum Gasteiger partial charge on any atom is 0.300 e. The number of anilines is 1. The van der Waals surface area contributed by atoms with E-state index >= 15 is 0 Å². The number of methoxy groups -OCH3 is 1. The SMILES string of the molecule is COc1ccc(/C(O)=C2/C(=O)C(=O)N(c3ccc(C)cc3)C2c2sccc2C)cc1. The first-order chi connectivity index (χ1) is 14.4. The number of hydrogen-bond donors (Lipinski definition) is 1. The summed E-state index contributed by atoms with van der Waals surface area (Å²) in [4.78, 5) is 28.5. The van der Waals surface area contributed by atoms with Crippen LogP contribution in [0.4, 0.5) is 5.69 Å². The molecule has 1 fully saturated rings. The van der Waals surface area contributed by atoms with Crippen LogP contribution in [0, 0.1) is 13.8 Å². The molecule has 2 heterocycles. The summed E-state index contributed by atoms with van der Waals surface area (Å²) in [5.74, 6) is -0.894. The smallest absolute Gasteiger partial charge is 0.300 e. The number of rotatable bonds is 4. The van der Waals surface area contributed by atoms with Crippen molar-refractivity contribution in [3.63, 3.8) is 0 Å². The third-order valence-corrected chi connectivity index (χ3v) is 6.34. The number of carbonyl (C=O) groups excluding carboxylic acids is 2. The van der Waals surface area contributed by atoms with Gasteiger partial charge in [-0.05, 0) is 67.3 Å². The quantitative estimate of drug-likeness (QED) is 0.367. The van der Waals surface area contributed by atoms with Crippen LogP contribution < -0.4 is 9.64 Å². The third-order valence-electron chi connectivity index (χ3n) is 5.27. The van der Waals surface area contributed by atoms with E-state index in [9.17, 15) is 14.7 Å². The predicted molar refractivity (Wildman–Crippen MR) is 118 cm³/mol. The monoisotopic (exact) mass is 419 g/mol. The fourth-order valence-corrected chi connectivity index (χ4v) is 4.65. The molecule has 0 radical (unpaired) electrons. The molecule has 1 unspecified atom stereocenters. The molecule has 0 aliphatic carbocycles. The number of carbonyl (C=O) groups is 2. The minimum atomic E-state index is -0.693. The molecule has 1 aromatic heterocycles. The number of hydrogen-bond acceptors (Lipinski definition) is 5. The first-order valence-electron chi connectivity index (χ1n) is 9.48. The molecule has 1 amide bonds. The van der Waals surface area contributed by atoms with Crippen molar-refractivity contribution in [2.75, 3.05) is 12.0 Å². The van der Waals surface area contributed by atoms with E-state index in [1.165, 1.54) is 16.2 Å². The number of ketones is 1. The Hall–Kier alpha value is -3.38. The van der Waals surface area contributed by atoms with Crippen molar-refractivity contribution in [3.05, 3.63) is 87.1 Å². The summed E-state index contributed by atoms with van der Waals surface area (Å²) in [5, 5.41) is 13.0. The van der Waals surface area contributed by atoms with Gasteiger partial charge in [0.25, 0.3) is 11.7 Å². The molecule has 30 heavy (non-hydrogen) atoms. The van der Waals surface area contributed by atoms with Crippen LogP contribution >= 0.6 is 11.3 Å². The van der Waals surface area contributed by atoms with Crippen LogP contribution in [0.3, 0.4) is 0 Å². The van der Waals surface area contributed by atoms with Crippen LogP contribution in [-0.4, -0.2) is 23.9 Å². The highest BCUT2D eigenvalue weighted by atomic mass is 32.1. The Morgan fingerprint density at radius 2 is 1.67 bits per heavy atom. The van der Waals surface area contributed by atoms with E-state index in [-0.39, 0.29) is 11.3 Å². The van der Waals surface area contributed by atoms with Gasteiger partial charge in [0.05, 0.1) is 12.7 Å². The van der Waals surface area contributed by atoms with Crippen LogP contribution in [0.5, 0.6) is 5.75 Å². The summed E-state index contributed by atoms with van der Waals surface area (Å²) in [6, 6.07) is 15.5. The van der Waals surface area contributed by atoms with Crippen LogP contribution in [0.15, 0.2) is 65.6 Å². The minimum Gasteiger partial charge on any atom is -0.507 e. The number of aliphatic hydroxyl groups excluding tert-OH is 1. The zero-order valence-electron chi connectivity index (χ0n) is 16.9. The van der Waals surface area contributed by atoms with Gasteiger partial charge in [0.15, 0.2) is 0 Å². The molecule has 1 aliphatic rings. The number of nitrogens with zero attached hydrogens (tertiary/aromatic N) is 1. The summed E-state index contributed by atoms with van der Waals surface area (Å²) in [6.07, 6.45) is 0. The predicted octanol–water partition coefficient (Wildman–Crippen LogP) is 5.00. The lowest BCUT2D eigenvalue weighted by Crippen LogP contribution is -2.29. The average molecular weight is 420 g/mol. The maximum atomic E-state index is 13.1. The first-order valence-corrected chi connectivity index (χ1v) is 10.4. The van der Waals surface area contributed by atoms with E-state index in [4.69, 9.17) is 4.74 Å². The van der Waals surface area contributed by atoms with E-state index in [1.807, 2.05) is 49.6 Å². The average Bonchev–Trinajstić information content (AvgIpc) is 3.29. The number of amides is 1. The number of Topliss-reactive ketones (excluding diaryl/α,β-unsaturated/α-hetero) is 1. The number of aryl methyl sites for hydroxylation is 2. The summed E-state index contributed by atoms with van der Waals surface area (Å²) < 4.78 is 5.17. The lowest BCUT2D eigenvalue weighted by atomic mass is 9.98. The lowest BCUT2D eigenvalue weighted by Gasteiger charge is -2.25. The van der Waals surface area contributed by atoms with Gasteiger partial charge in [-0.1, -0.05) is 17.7 Å². The van der Waals surface area contributed by atoms with Crippen molar-refractivity contribution < 1.29 is 19.4 Å². The van der Waals surface area contributed by atoms with Gasteiger partial charge < -0.3 is 9.84 Å². The summed E-state index contributed by atoms with van der Waals surface area (Å²) in [5.41, 5.74) is 3.18. The minimum absolute atomic E-state index is 0.0938. The molecule has 6 heteroatoms. The summed E-state index contributed by atoms with van der Waals surface area (Å²) in [6.45, 7) is 3.90. The lowest BCUT2D eigenvalue weighted by molar-refractivity contribution is -0.132. The van der Waals surface area contributed by atoms with Crippen molar-refractivity contribution in [3.8, 4) is 5.75 Å². The Kier molecular flexibility index (Phi) is 5.18. The molecule has 0 saturated carbocycles. The molecular formula is C24H21NO4S. The van der Waals surface area contributed by atoms with Gasteiger partial charge in [-0.2, -0.15) is 0 Å². The molecule has 1 atom stereocenters. The molecule has 1 saturated heterocycles. The van der Waals surface area contributed by atoms with Gasteiger partial charge in [-0.3, -0.25) is 14.5 Å². The topological polar surface area (TPSA) is 66.8 Å². The number of thiophene rings is 1. The molecule has 1 aliphatic heterocycles. The van der Waals surface area contributed by atoms with Crippen molar-refractivity contribution in [1.29, 1.82) is 0 Å². The van der Waals surface area contributed by atoms with Gasteiger partial charge in [-0.15, -0.1) is 11.3 Å². The zero-order valence-corrected chi connectivity index (χ0v) is 17.7. The van der Waals surface area contributed by atoms with Gasteiger partial charge in [-0.25, -0.2) is 0 Å². The van der Waals surface area contributed by atoms with Crippen LogP contribution in [0.1, 0.15) is 27.6 Å². The van der Waals surface area contributed by atoms with Crippen molar-refractivity contribution in [1.82, 2.24) is 0 Å². The van der Waals surface area contributed by atoms with Gasteiger partial charge in [0, 0.05) is 16.1 Å². The highest BCUT2D eigenvalue weighted by molar-refractivity contribution is 7.10. The fourth-order valence-electron chi connectivity index (χ4n) is 3.62. The molecule has 0 bridgehead atoms. The Bertz CT molecular complexity index is 1140. The van der Waals surface area contributed by atoms with E-state index in [1.54, 1.807) is 31.4 Å². The largest absolute Gasteiger partial charge is 0.507 e. The van der Waals surface area contributed by atoms with E-state index in [0.29, 0.717) is 17.0 Å². The van der Waals surface area contributed by atoms with Crippen molar-refractivity contribution >= 4 is 34.5 Å². The Morgan fingerprint density at radius 1 is 1.00 bits per heavy atom. The maximum absolute atomic E-state index is 13.1. The highest BCUT2D eigenvalue weighted by Gasteiger charge is 2.47. The molecule has 2 aromatic carbocycles. The van der Waals surface area contributed by atoms with E-state index in [0.717, 1.165) is 16.0 Å². The van der Waals surface area contributed by atoms with Gasteiger partial charge in [0.1, 0.15) is 17.6 Å². The molecule has 5 nitrogen and oxygen atoms in total. The normalized spacial score (nSPS) is 18.1. The van der Waals surface area contributed by atoms with Crippen LogP contribution in [-0.2, 0) is 9.59 Å². The molecule has 0 spiro atoms. The van der Waals surface area contributed by atoms with Crippen LogP contribution in [0.25, 0.3) is 5.76 Å². The summed E-state index contributed by atoms with van der Waals surface area (Å²) >= 11 is 1.46. The molecule has 4 rings (SSSR count). The Morgan fingerprint density at radius 3 is 2.23 bits per heavy atom. The number of aliphatic hydroxyl groups is 1.